The highest BCUT2D eigenvalue weighted by Crippen LogP contribution is 2.61. The maximum atomic E-state index is 15.0. The summed E-state index contributed by atoms with van der Waals surface area (Å²) in [6.07, 6.45) is 2.94. The fourth-order valence-electron chi connectivity index (χ4n) is 7.45. The van der Waals surface area contributed by atoms with Crippen LogP contribution in [0.3, 0.4) is 0 Å². The average Bonchev–Trinajstić information content (AvgIpc) is 3.67. The van der Waals surface area contributed by atoms with Crippen LogP contribution in [0.15, 0.2) is 110 Å². The van der Waals surface area contributed by atoms with E-state index in [1.165, 1.54) is 4.90 Å². The molecule has 0 aromatic heterocycles. The highest BCUT2D eigenvalue weighted by atomic mass is 79.9. The van der Waals surface area contributed by atoms with Crippen molar-refractivity contribution in [1.29, 1.82) is 0 Å². The van der Waals surface area contributed by atoms with Gasteiger partial charge in [0.15, 0.2) is 0 Å². The number of aliphatic hydroxyl groups is 1. The molecule has 3 fully saturated rings. The van der Waals surface area contributed by atoms with Crippen LogP contribution < -0.4 is 9.80 Å². The van der Waals surface area contributed by atoms with Crippen molar-refractivity contribution >= 4 is 56.6 Å². The van der Waals surface area contributed by atoms with Gasteiger partial charge in [-0.05, 0) is 48.4 Å². The second-order valence-corrected chi connectivity index (χ2v) is 13.4. The number of alkyl halides is 1. The second kappa shape index (κ2) is 13.2. The number of rotatable bonds is 11. The lowest BCUT2D eigenvalue weighted by Crippen LogP contribution is -2.58. The van der Waals surface area contributed by atoms with Gasteiger partial charge in [0.2, 0.25) is 11.8 Å². The number of hydrogen-bond donors (Lipinski definition) is 1. The molecule has 3 aromatic carbocycles. The van der Waals surface area contributed by atoms with E-state index in [1.807, 2.05) is 60.7 Å². The van der Waals surface area contributed by atoms with E-state index >= 15 is 0 Å². The Morgan fingerprint density at radius 3 is 2.11 bits per heavy atom. The van der Waals surface area contributed by atoms with Crippen molar-refractivity contribution in [2.24, 2.45) is 11.8 Å². The Kier molecular flexibility index (Phi) is 9.21. The summed E-state index contributed by atoms with van der Waals surface area (Å²) < 4.78 is 6.78. The van der Waals surface area contributed by atoms with Gasteiger partial charge in [-0.25, -0.2) is 0 Å². The topological polar surface area (TPSA) is 90.4 Å². The Balaban J connectivity index is 1.49. The molecule has 6 rings (SSSR count). The third-order valence-electron chi connectivity index (χ3n) is 9.30. The number of halogens is 2. The Labute approximate surface area is 282 Å². The van der Waals surface area contributed by atoms with E-state index in [1.54, 1.807) is 46.2 Å². The summed E-state index contributed by atoms with van der Waals surface area (Å²) in [5.74, 6) is -2.92. The molecule has 46 heavy (non-hydrogen) atoms. The molecule has 3 amide bonds. The normalized spacial score (nSPS) is 26.8. The largest absolute Gasteiger partial charge is 0.394 e. The molecule has 1 N–H and O–H groups in total. The predicted molar refractivity (Wildman–Crippen MR) is 182 cm³/mol. The monoisotopic (exact) mass is 703 g/mol. The van der Waals surface area contributed by atoms with E-state index < -0.39 is 54.0 Å². The molecule has 0 saturated carbocycles. The van der Waals surface area contributed by atoms with E-state index in [2.05, 4.69) is 29.1 Å². The van der Waals surface area contributed by atoms with Crippen LogP contribution in [0.2, 0.25) is 5.02 Å². The van der Waals surface area contributed by atoms with Gasteiger partial charge in [-0.3, -0.25) is 14.4 Å². The first-order chi connectivity index (χ1) is 22.3. The lowest BCUT2D eigenvalue weighted by atomic mass is 9.70. The first kappa shape index (κ1) is 32.2. The van der Waals surface area contributed by atoms with Gasteiger partial charge in [0.1, 0.15) is 11.6 Å². The van der Waals surface area contributed by atoms with Crippen molar-refractivity contribution < 1.29 is 24.2 Å². The first-order valence-corrected chi connectivity index (χ1v) is 16.5. The van der Waals surface area contributed by atoms with Crippen LogP contribution in [0.5, 0.6) is 0 Å². The standard InChI is InChI=1S/C36H35BrClN3O5/c1-3-19-39(25-13-9-6-10-14-25)33(43)29-30-34(44)41(28(22-42)23-11-7-5-8-12-23)32(36(30)21-27(37)31(29)46-36)35(45)40(20-4-2)26-17-15-24(38)16-18-26/h3-18,27-32,42H,1-2,19-22H2/t27?,28-,29+,30+,31+,32?,36?/m1/s1. The van der Waals surface area contributed by atoms with Gasteiger partial charge < -0.3 is 24.5 Å². The van der Waals surface area contributed by atoms with Crippen molar-refractivity contribution in [3.63, 3.8) is 0 Å². The molecule has 8 nitrogen and oxygen atoms in total. The van der Waals surface area contributed by atoms with Gasteiger partial charge in [0.05, 0.1) is 30.6 Å². The van der Waals surface area contributed by atoms with Crippen molar-refractivity contribution in [2.75, 3.05) is 29.5 Å². The smallest absolute Gasteiger partial charge is 0.253 e. The van der Waals surface area contributed by atoms with Crippen LogP contribution in [-0.2, 0) is 19.1 Å². The number of anilines is 2. The minimum absolute atomic E-state index is 0.152. The molecule has 238 valence electrons. The summed E-state index contributed by atoms with van der Waals surface area (Å²) in [7, 11) is 0. The van der Waals surface area contributed by atoms with E-state index in [0.29, 0.717) is 28.4 Å². The van der Waals surface area contributed by atoms with E-state index in [9.17, 15) is 19.5 Å². The van der Waals surface area contributed by atoms with Crippen LogP contribution in [0.1, 0.15) is 18.0 Å². The number of fused-ring (bicyclic) bond motifs is 1. The molecule has 0 radical (unpaired) electrons. The van der Waals surface area contributed by atoms with Gasteiger partial charge in [-0.15, -0.1) is 13.2 Å². The number of para-hydroxylation sites is 1. The Bertz CT molecular complexity index is 1620. The zero-order valence-corrected chi connectivity index (χ0v) is 27.5. The number of nitrogens with zero attached hydrogens (tertiary/aromatic N) is 3. The van der Waals surface area contributed by atoms with E-state index in [0.717, 1.165) is 0 Å². The average molecular weight is 705 g/mol. The molecule has 10 heteroatoms. The number of carbonyl (C=O) groups excluding carboxylic acids is 3. The summed E-state index contributed by atoms with van der Waals surface area (Å²) >= 11 is 9.94. The summed E-state index contributed by atoms with van der Waals surface area (Å²) in [5.41, 5.74) is 0.568. The molecule has 7 atom stereocenters. The summed E-state index contributed by atoms with van der Waals surface area (Å²) in [6.45, 7) is 7.68. The van der Waals surface area contributed by atoms with Crippen LogP contribution in [-0.4, -0.2) is 70.0 Å². The predicted octanol–water partition coefficient (Wildman–Crippen LogP) is 5.56. The number of amides is 3. The summed E-state index contributed by atoms with van der Waals surface area (Å²) in [6, 6.07) is 23.2. The van der Waals surface area contributed by atoms with Crippen molar-refractivity contribution in [3.8, 4) is 0 Å². The molecule has 3 aliphatic heterocycles. The molecule has 2 bridgehead atoms. The summed E-state index contributed by atoms with van der Waals surface area (Å²) in [4.78, 5) is 48.7. The third kappa shape index (κ3) is 5.29. The van der Waals surface area contributed by atoms with E-state index in [-0.39, 0.29) is 23.8 Å². The third-order valence-corrected chi connectivity index (χ3v) is 10.4. The zero-order valence-electron chi connectivity index (χ0n) is 25.1. The van der Waals surface area contributed by atoms with Gasteiger partial charge >= 0.3 is 0 Å². The molecule has 3 saturated heterocycles. The molecule has 3 heterocycles. The number of aliphatic hydroxyl groups excluding tert-OH is 1. The summed E-state index contributed by atoms with van der Waals surface area (Å²) in [5, 5.41) is 11.3. The van der Waals surface area contributed by atoms with Gasteiger partial charge in [0, 0.05) is 34.3 Å². The van der Waals surface area contributed by atoms with Crippen molar-refractivity contribution in [2.45, 2.75) is 35.0 Å². The highest BCUT2D eigenvalue weighted by molar-refractivity contribution is 9.09. The minimum atomic E-state index is -1.34. The van der Waals surface area contributed by atoms with Gasteiger partial charge in [-0.1, -0.05) is 88.2 Å². The fourth-order valence-corrected chi connectivity index (χ4v) is 8.52. The number of carbonyl (C=O) groups is 3. The van der Waals surface area contributed by atoms with E-state index in [4.69, 9.17) is 16.3 Å². The number of hydrogen-bond acceptors (Lipinski definition) is 5. The molecule has 1 spiro atoms. The number of ether oxygens (including phenoxy) is 1. The molecule has 0 aliphatic carbocycles. The molecular weight excluding hydrogens is 670 g/mol. The lowest BCUT2D eigenvalue weighted by Gasteiger charge is -2.39. The van der Waals surface area contributed by atoms with Crippen molar-refractivity contribution in [3.05, 3.63) is 121 Å². The second-order valence-electron chi connectivity index (χ2n) is 11.8. The molecule has 3 unspecified atom stereocenters. The quantitative estimate of drug-likeness (QED) is 0.209. The lowest BCUT2D eigenvalue weighted by molar-refractivity contribution is -0.144. The maximum Gasteiger partial charge on any atom is 0.253 e. The molecular formula is C36H35BrClN3O5. The zero-order chi connectivity index (χ0) is 32.6. The Morgan fingerprint density at radius 1 is 0.957 bits per heavy atom. The molecule has 3 aliphatic rings. The first-order valence-electron chi connectivity index (χ1n) is 15.2. The Morgan fingerprint density at radius 2 is 1.52 bits per heavy atom. The number of benzene rings is 3. The fraction of sp³-hybridized carbons (Fsp3) is 0.306. The van der Waals surface area contributed by atoms with Crippen LogP contribution in [0.4, 0.5) is 11.4 Å². The Hall–Kier alpha value is -3.76. The van der Waals surface area contributed by atoms with Gasteiger partial charge in [0.25, 0.3) is 5.91 Å². The maximum absolute atomic E-state index is 15.0. The minimum Gasteiger partial charge on any atom is -0.394 e. The van der Waals surface area contributed by atoms with Crippen molar-refractivity contribution in [1.82, 2.24) is 4.90 Å². The van der Waals surface area contributed by atoms with Crippen LogP contribution in [0, 0.1) is 11.8 Å². The van der Waals surface area contributed by atoms with Gasteiger partial charge in [-0.2, -0.15) is 0 Å². The van der Waals surface area contributed by atoms with Crippen LogP contribution >= 0.6 is 27.5 Å². The highest BCUT2D eigenvalue weighted by Gasteiger charge is 2.77. The number of likely N-dealkylation sites (tertiary alicyclic amines) is 1. The van der Waals surface area contributed by atoms with Crippen LogP contribution in [0.25, 0.3) is 0 Å². The molecule has 3 aromatic rings. The SMILES string of the molecule is C=CCN(C(=O)C1N([C@H](CO)c2ccccc2)C(=O)[C@@H]2[C@H](C(=O)N(CC=C)c3ccccc3)[C@H]3OC12CC3Br)c1ccc(Cl)cc1.